The first-order valence-corrected chi connectivity index (χ1v) is 13.1. The van der Waals surface area contributed by atoms with E-state index in [1.54, 1.807) is 0 Å². The third-order valence-corrected chi connectivity index (χ3v) is 10.9. The van der Waals surface area contributed by atoms with E-state index in [-0.39, 0.29) is 29.0 Å². The summed E-state index contributed by atoms with van der Waals surface area (Å²) in [5.41, 5.74) is -0.180. The third kappa shape index (κ3) is 3.69. The van der Waals surface area contributed by atoms with Gasteiger partial charge in [-0.05, 0) is 111 Å². The van der Waals surface area contributed by atoms with E-state index in [9.17, 15) is 15.3 Å². The molecule has 0 aromatic carbocycles. The molecule has 4 aliphatic carbocycles. The number of aliphatic hydroxyl groups excluding tert-OH is 2. The lowest BCUT2D eigenvalue weighted by Crippen LogP contribution is -2.59. The van der Waals surface area contributed by atoms with Crippen molar-refractivity contribution in [3.63, 3.8) is 0 Å². The number of fused-ring (bicyclic) bond motifs is 5. The van der Waals surface area contributed by atoms with Crippen LogP contribution >= 0.6 is 0 Å². The molecule has 174 valence electrons. The van der Waals surface area contributed by atoms with Crippen LogP contribution in [0.15, 0.2) is 0 Å². The maximum absolute atomic E-state index is 11.6. The minimum absolute atomic E-state index is 0.181. The number of hydrogen-bond donors (Lipinski definition) is 3. The van der Waals surface area contributed by atoms with Crippen molar-refractivity contribution in [3.8, 4) is 0 Å². The zero-order valence-corrected chi connectivity index (χ0v) is 20.2. The minimum atomic E-state index is -0.570. The van der Waals surface area contributed by atoms with E-state index in [0.29, 0.717) is 29.6 Å². The van der Waals surface area contributed by atoms with Gasteiger partial charge < -0.3 is 15.3 Å². The Bertz CT molecular complexity index is 615. The fraction of sp³-hybridized carbons (Fsp3) is 1.00. The van der Waals surface area contributed by atoms with Gasteiger partial charge in [0.1, 0.15) is 0 Å². The highest BCUT2D eigenvalue weighted by atomic mass is 16.3. The van der Waals surface area contributed by atoms with Crippen LogP contribution < -0.4 is 0 Å². The molecule has 3 N–H and O–H groups in total. The summed E-state index contributed by atoms with van der Waals surface area (Å²) in [5.74, 6) is 3.27. The van der Waals surface area contributed by atoms with Crippen LogP contribution in [-0.2, 0) is 0 Å². The maximum atomic E-state index is 11.6. The third-order valence-electron chi connectivity index (χ3n) is 10.9. The van der Waals surface area contributed by atoms with Crippen LogP contribution in [0.25, 0.3) is 0 Å². The van der Waals surface area contributed by atoms with Gasteiger partial charge in [-0.3, -0.25) is 0 Å². The fourth-order valence-corrected chi connectivity index (χ4v) is 9.34. The zero-order chi connectivity index (χ0) is 21.9. The molecule has 0 aromatic heterocycles. The molecule has 4 saturated carbocycles. The Kier molecular flexibility index (Phi) is 6.17. The molecule has 0 aromatic rings. The van der Waals surface area contributed by atoms with Crippen molar-refractivity contribution in [1.82, 2.24) is 0 Å². The molecule has 0 heterocycles. The van der Waals surface area contributed by atoms with Gasteiger partial charge in [0.05, 0.1) is 17.8 Å². The number of aliphatic hydroxyl groups is 3. The monoisotopic (exact) mass is 420 g/mol. The van der Waals surface area contributed by atoms with E-state index in [1.165, 1.54) is 25.7 Å². The molecular formula is C27H48O3. The molecule has 4 unspecified atom stereocenters. The molecule has 3 nitrogen and oxygen atoms in total. The molecule has 0 bridgehead atoms. The van der Waals surface area contributed by atoms with Crippen LogP contribution in [0.2, 0.25) is 0 Å². The maximum Gasteiger partial charge on any atom is 0.0653 e. The first-order valence-electron chi connectivity index (χ1n) is 13.1. The van der Waals surface area contributed by atoms with E-state index in [4.69, 9.17) is 0 Å². The summed E-state index contributed by atoms with van der Waals surface area (Å²) >= 11 is 0. The summed E-state index contributed by atoms with van der Waals surface area (Å²) in [6.07, 6.45) is 11.3. The first-order chi connectivity index (χ1) is 14.0. The average Bonchev–Trinajstić information content (AvgIpc) is 3.01. The highest BCUT2D eigenvalue weighted by molar-refractivity contribution is 5.13. The van der Waals surface area contributed by atoms with Crippen LogP contribution in [0.5, 0.6) is 0 Å². The van der Waals surface area contributed by atoms with Crippen LogP contribution in [0.4, 0.5) is 0 Å². The highest BCUT2D eigenvalue weighted by Gasteiger charge is 2.63. The fourth-order valence-electron chi connectivity index (χ4n) is 9.34. The first kappa shape index (κ1) is 23.1. The van der Waals surface area contributed by atoms with Crippen molar-refractivity contribution in [2.75, 3.05) is 0 Å². The second-order valence-electron chi connectivity index (χ2n) is 13.0. The molecule has 3 heteroatoms. The predicted octanol–water partition coefficient (Wildman–Crippen LogP) is 5.55. The Balaban J connectivity index is 1.53. The molecule has 4 rings (SSSR count). The smallest absolute Gasteiger partial charge is 0.0653 e. The Labute approximate surface area is 185 Å². The summed E-state index contributed by atoms with van der Waals surface area (Å²) < 4.78 is 0. The van der Waals surface area contributed by atoms with Crippen LogP contribution in [-0.4, -0.2) is 33.1 Å². The van der Waals surface area contributed by atoms with Gasteiger partial charge >= 0.3 is 0 Å². The Morgan fingerprint density at radius 3 is 2.27 bits per heavy atom. The lowest BCUT2D eigenvalue weighted by Gasteiger charge is -2.62. The second-order valence-corrected chi connectivity index (χ2v) is 13.0. The van der Waals surface area contributed by atoms with E-state index in [1.807, 2.05) is 0 Å². The van der Waals surface area contributed by atoms with E-state index in [2.05, 4.69) is 34.6 Å². The van der Waals surface area contributed by atoms with E-state index in [0.717, 1.165) is 44.9 Å². The van der Waals surface area contributed by atoms with E-state index < -0.39 is 5.60 Å². The quantitative estimate of drug-likeness (QED) is 0.546. The SMILES string of the molecule is CC(C)CCC[C@](C)(O)C1CCC2C3C[C@H](O)[C@H]4C[C@@H](O)CC[C@]4(C)C3CC[C@@]21C. The topological polar surface area (TPSA) is 60.7 Å². The van der Waals surface area contributed by atoms with Crippen molar-refractivity contribution in [2.24, 2.45) is 46.3 Å². The molecule has 10 atom stereocenters. The second kappa shape index (κ2) is 8.03. The van der Waals surface area contributed by atoms with Gasteiger partial charge in [0.2, 0.25) is 0 Å². The molecule has 0 aliphatic heterocycles. The zero-order valence-electron chi connectivity index (χ0n) is 20.2. The molecule has 0 spiro atoms. The van der Waals surface area contributed by atoms with Crippen molar-refractivity contribution in [1.29, 1.82) is 0 Å². The Morgan fingerprint density at radius 2 is 1.57 bits per heavy atom. The molecule has 4 aliphatic rings. The standard InChI is InChI=1S/C27H48O3/c1-17(2)7-6-12-27(5,30)24-9-8-20-19-16-23(29)22-15-18(28)10-13-25(22,3)21(19)11-14-26(20,24)4/h17-24,28-30H,6-16H2,1-5H3/t18-,19?,20?,21?,22+,23-,24?,25+,26-,27-/m0/s1. The van der Waals surface area contributed by atoms with Crippen molar-refractivity contribution >= 4 is 0 Å². The Hall–Kier alpha value is -0.120. The lowest BCUT2D eigenvalue weighted by atomic mass is 9.43. The minimum Gasteiger partial charge on any atom is -0.393 e. The number of hydrogen-bond acceptors (Lipinski definition) is 3. The molecule has 0 saturated heterocycles. The van der Waals surface area contributed by atoms with Crippen molar-refractivity contribution < 1.29 is 15.3 Å². The lowest BCUT2D eigenvalue weighted by molar-refractivity contribution is -0.179. The highest BCUT2D eigenvalue weighted by Crippen LogP contribution is 2.68. The number of rotatable bonds is 5. The molecule has 4 fully saturated rings. The molecule has 30 heavy (non-hydrogen) atoms. The van der Waals surface area contributed by atoms with Gasteiger partial charge in [-0.25, -0.2) is 0 Å². The van der Waals surface area contributed by atoms with Crippen LogP contribution in [0.3, 0.4) is 0 Å². The van der Waals surface area contributed by atoms with Gasteiger partial charge in [0.15, 0.2) is 0 Å². The summed E-state index contributed by atoms with van der Waals surface area (Å²) in [4.78, 5) is 0. The van der Waals surface area contributed by atoms with Crippen LogP contribution in [0, 0.1) is 46.3 Å². The van der Waals surface area contributed by atoms with Crippen LogP contribution in [0.1, 0.15) is 105 Å². The predicted molar refractivity (Wildman–Crippen MR) is 122 cm³/mol. The Morgan fingerprint density at radius 1 is 0.900 bits per heavy atom. The summed E-state index contributed by atoms with van der Waals surface area (Å²) in [7, 11) is 0. The van der Waals surface area contributed by atoms with Gasteiger partial charge in [-0.2, -0.15) is 0 Å². The van der Waals surface area contributed by atoms with Gasteiger partial charge in [0.25, 0.3) is 0 Å². The molecular weight excluding hydrogens is 372 g/mol. The van der Waals surface area contributed by atoms with E-state index >= 15 is 0 Å². The average molecular weight is 421 g/mol. The van der Waals surface area contributed by atoms with Gasteiger partial charge in [0, 0.05) is 0 Å². The normalized spacial score (nSPS) is 50.5. The largest absolute Gasteiger partial charge is 0.393 e. The summed E-state index contributed by atoms with van der Waals surface area (Å²) in [6.45, 7) is 11.6. The van der Waals surface area contributed by atoms with Crippen molar-refractivity contribution in [3.05, 3.63) is 0 Å². The molecule has 0 radical (unpaired) electrons. The van der Waals surface area contributed by atoms with Gasteiger partial charge in [-0.15, -0.1) is 0 Å². The van der Waals surface area contributed by atoms with Crippen molar-refractivity contribution in [2.45, 2.75) is 123 Å². The summed E-state index contributed by atoms with van der Waals surface area (Å²) in [6, 6.07) is 0. The summed E-state index contributed by atoms with van der Waals surface area (Å²) in [5, 5.41) is 33.0. The molecule has 0 amide bonds. The van der Waals surface area contributed by atoms with Gasteiger partial charge in [-0.1, -0.05) is 40.5 Å².